The maximum Gasteiger partial charge on any atom is 0.317 e. The molecule has 0 aromatic heterocycles. The molecular weight excluding hydrogens is 296 g/mol. The third-order valence-electron chi connectivity index (χ3n) is 5.41. The van der Waals surface area contributed by atoms with E-state index in [-0.39, 0.29) is 30.6 Å². The molecule has 6 unspecified atom stereocenters. The molecule has 2 heterocycles. The number of carbonyl (C=O) groups is 1. The van der Waals surface area contributed by atoms with Crippen LogP contribution in [-0.4, -0.2) is 48.9 Å². The molecule has 3 rings (SSSR count). The Balaban J connectivity index is 1.44. The SMILES string of the molecule is CC1CC(NO)NC(NC(=O)NC2CCC3CNCCC3C2)N1. The average molecular weight is 326 g/mol. The Bertz CT molecular complexity index is 409. The number of nitrogens with one attached hydrogen (secondary N) is 6. The van der Waals surface area contributed by atoms with Crippen molar-refractivity contribution in [2.24, 2.45) is 11.8 Å². The monoisotopic (exact) mass is 326 g/mol. The van der Waals surface area contributed by atoms with Crippen LogP contribution >= 0.6 is 0 Å². The van der Waals surface area contributed by atoms with Crippen molar-refractivity contribution in [2.75, 3.05) is 13.1 Å². The number of piperidine rings is 1. The summed E-state index contributed by atoms with van der Waals surface area (Å²) < 4.78 is 0. The fourth-order valence-corrected chi connectivity index (χ4v) is 4.21. The number of hydrogen-bond acceptors (Lipinski definition) is 6. The zero-order chi connectivity index (χ0) is 16.2. The summed E-state index contributed by atoms with van der Waals surface area (Å²) in [6.07, 6.45) is 4.73. The van der Waals surface area contributed by atoms with Gasteiger partial charge in [-0.05, 0) is 64.0 Å². The second-order valence-corrected chi connectivity index (χ2v) is 7.23. The normalized spacial score (nSPS) is 41.0. The fourth-order valence-electron chi connectivity index (χ4n) is 4.21. The first-order valence-electron chi connectivity index (χ1n) is 8.83. The molecule has 23 heavy (non-hydrogen) atoms. The van der Waals surface area contributed by atoms with Gasteiger partial charge in [0, 0.05) is 12.1 Å². The number of carbonyl (C=O) groups excluding carboxylic acids is 1. The highest BCUT2D eigenvalue weighted by atomic mass is 16.5. The minimum atomic E-state index is -0.349. The molecule has 0 aromatic rings. The van der Waals surface area contributed by atoms with E-state index in [0.29, 0.717) is 0 Å². The van der Waals surface area contributed by atoms with E-state index >= 15 is 0 Å². The molecule has 2 saturated heterocycles. The van der Waals surface area contributed by atoms with Crippen LogP contribution in [0, 0.1) is 11.8 Å². The van der Waals surface area contributed by atoms with Gasteiger partial charge in [0.2, 0.25) is 0 Å². The van der Waals surface area contributed by atoms with Crippen molar-refractivity contribution in [3.8, 4) is 0 Å². The third kappa shape index (κ3) is 4.54. The lowest BCUT2D eigenvalue weighted by Gasteiger charge is -2.40. The molecular formula is C15H30N6O2. The molecule has 2 aliphatic heterocycles. The summed E-state index contributed by atoms with van der Waals surface area (Å²) in [5.74, 6) is 1.52. The minimum absolute atomic E-state index is 0.154. The molecule has 0 spiro atoms. The Labute approximate surface area is 137 Å². The van der Waals surface area contributed by atoms with Crippen LogP contribution in [0.15, 0.2) is 0 Å². The Morgan fingerprint density at radius 1 is 1.09 bits per heavy atom. The topological polar surface area (TPSA) is 109 Å². The van der Waals surface area contributed by atoms with Crippen LogP contribution in [0.25, 0.3) is 0 Å². The van der Waals surface area contributed by atoms with Gasteiger partial charge in [0.1, 0.15) is 6.29 Å². The average Bonchev–Trinajstić information content (AvgIpc) is 2.54. The number of hydroxylamine groups is 1. The van der Waals surface area contributed by atoms with Gasteiger partial charge < -0.3 is 21.2 Å². The molecule has 1 saturated carbocycles. The molecule has 0 radical (unpaired) electrons. The van der Waals surface area contributed by atoms with E-state index in [1.807, 2.05) is 6.92 Å². The van der Waals surface area contributed by atoms with E-state index < -0.39 is 0 Å². The summed E-state index contributed by atoms with van der Waals surface area (Å²) in [5.41, 5.74) is 2.22. The first-order chi connectivity index (χ1) is 11.1. The van der Waals surface area contributed by atoms with E-state index in [0.717, 1.165) is 44.2 Å². The summed E-state index contributed by atoms with van der Waals surface area (Å²) in [7, 11) is 0. The number of hydrogen-bond donors (Lipinski definition) is 7. The maximum absolute atomic E-state index is 12.2. The van der Waals surface area contributed by atoms with Crippen molar-refractivity contribution in [1.82, 2.24) is 32.1 Å². The third-order valence-corrected chi connectivity index (χ3v) is 5.41. The van der Waals surface area contributed by atoms with Crippen molar-refractivity contribution in [3.63, 3.8) is 0 Å². The molecule has 6 atom stereocenters. The zero-order valence-corrected chi connectivity index (χ0v) is 13.8. The molecule has 0 bridgehead atoms. The largest absolute Gasteiger partial charge is 0.335 e. The van der Waals surface area contributed by atoms with Crippen LogP contribution in [-0.2, 0) is 0 Å². The summed E-state index contributed by atoms with van der Waals surface area (Å²) in [4.78, 5) is 12.2. The highest BCUT2D eigenvalue weighted by molar-refractivity contribution is 5.74. The Hall–Kier alpha value is -0.930. The lowest BCUT2D eigenvalue weighted by atomic mass is 9.73. The van der Waals surface area contributed by atoms with E-state index in [1.54, 1.807) is 0 Å². The van der Waals surface area contributed by atoms with Crippen LogP contribution in [0.4, 0.5) is 4.79 Å². The quantitative estimate of drug-likeness (QED) is 0.356. The van der Waals surface area contributed by atoms with E-state index in [2.05, 4.69) is 32.1 Å². The molecule has 7 N–H and O–H groups in total. The van der Waals surface area contributed by atoms with E-state index in [9.17, 15) is 4.79 Å². The van der Waals surface area contributed by atoms with Gasteiger partial charge in [0.15, 0.2) is 0 Å². The molecule has 0 aromatic carbocycles. The molecule has 3 aliphatic rings. The zero-order valence-electron chi connectivity index (χ0n) is 13.8. The van der Waals surface area contributed by atoms with Crippen LogP contribution in [0.2, 0.25) is 0 Å². The van der Waals surface area contributed by atoms with Gasteiger partial charge in [0.05, 0.1) is 6.17 Å². The molecule has 8 nitrogen and oxygen atoms in total. The van der Waals surface area contributed by atoms with Crippen molar-refractivity contribution in [3.05, 3.63) is 0 Å². The predicted molar refractivity (Wildman–Crippen MR) is 86.6 cm³/mol. The lowest BCUT2D eigenvalue weighted by molar-refractivity contribution is 0.0662. The summed E-state index contributed by atoms with van der Waals surface area (Å²) >= 11 is 0. The van der Waals surface area contributed by atoms with Gasteiger partial charge >= 0.3 is 6.03 Å². The Morgan fingerprint density at radius 3 is 2.78 bits per heavy atom. The highest BCUT2D eigenvalue weighted by Crippen LogP contribution is 2.33. The molecule has 3 fully saturated rings. The van der Waals surface area contributed by atoms with Gasteiger partial charge in [0.25, 0.3) is 0 Å². The first kappa shape index (κ1) is 16.9. The number of rotatable bonds is 3. The molecule has 132 valence electrons. The first-order valence-corrected chi connectivity index (χ1v) is 8.83. The van der Waals surface area contributed by atoms with Gasteiger partial charge in [-0.1, -0.05) is 0 Å². The maximum atomic E-state index is 12.2. The number of fused-ring (bicyclic) bond motifs is 1. The van der Waals surface area contributed by atoms with Crippen molar-refractivity contribution >= 4 is 6.03 Å². The fraction of sp³-hybridized carbons (Fsp3) is 0.933. The van der Waals surface area contributed by atoms with E-state index in [4.69, 9.17) is 5.21 Å². The second-order valence-electron chi connectivity index (χ2n) is 7.23. The van der Waals surface area contributed by atoms with Crippen LogP contribution in [0.1, 0.15) is 39.0 Å². The van der Waals surface area contributed by atoms with Gasteiger partial charge in [-0.2, -0.15) is 5.48 Å². The van der Waals surface area contributed by atoms with Crippen LogP contribution in [0.5, 0.6) is 0 Å². The van der Waals surface area contributed by atoms with Crippen molar-refractivity contribution < 1.29 is 10.0 Å². The molecule has 8 heteroatoms. The lowest BCUT2D eigenvalue weighted by Crippen LogP contribution is -2.68. The number of urea groups is 1. The standard InChI is InChI=1S/C15H30N6O2/c1-9-6-13(21-23)19-14(17-9)20-15(22)18-12-3-2-11-8-16-5-4-10(11)7-12/h9-14,16-17,19,21,23H,2-8H2,1H3,(H2,18,20,22). The summed E-state index contributed by atoms with van der Waals surface area (Å²) in [5, 5.41) is 24.9. The summed E-state index contributed by atoms with van der Waals surface area (Å²) in [6.45, 7) is 4.26. The van der Waals surface area contributed by atoms with Crippen molar-refractivity contribution in [1.29, 1.82) is 0 Å². The molecule has 2 amide bonds. The predicted octanol–water partition coefficient (Wildman–Crippen LogP) is -0.376. The summed E-state index contributed by atoms with van der Waals surface area (Å²) in [6, 6.07) is 0.316. The Kier molecular flexibility index (Phi) is 5.71. The number of amides is 2. The Morgan fingerprint density at radius 2 is 1.96 bits per heavy atom. The van der Waals surface area contributed by atoms with Crippen LogP contribution in [0.3, 0.4) is 0 Å². The van der Waals surface area contributed by atoms with Gasteiger partial charge in [-0.15, -0.1) is 0 Å². The van der Waals surface area contributed by atoms with Gasteiger partial charge in [-0.3, -0.25) is 10.6 Å². The smallest absolute Gasteiger partial charge is 0.317 e. The van der Waals surface area contributed by atoms with E-state index in [1.165, 1.54) is 12.8 Å². The van der Waals surface area contributed by atoms with Gasteiger partial charge in [-0.25, -0.2) is 4.79 Å². The molecule has 1 aliphatic carbocycles. The highest BCUT2D eigenvalue weighted by Gasteiger charge is 2.33. The minimum Gasteiger partial charge on any atom is -0.335 e. The van der Waals surface area contributed by atoms with Crippen LogP contribution < -0.4 is 32.1 Å². The second kappa shape index (κ2) is 7.76. The van der Waals surface area contributed by atoms with Crippen molar-refractivity contribution in [2.45, 2.75) is 63.6 Å².